The molecule has 2 saturated heterocycles. The van der Waals surface area contributed by atoms with Crippen molar-refractivity contribution in [3.63, 3.8) is 0 Å². The van der Waals surface area contributed by atoms with Crippen molar-refractivity contribution >= 4 is 27.6 Å². The van der Waals surface area contributed by atoms with Crippen LogP contribution in [0.25, 0.3) is 0 Å². The van der Waals surface area contributed by atoms with Crippen molar-refractivity contribution in [2.24, 2.45) is 0 Å². The molecule has 3 unspecified atom stereocenters. The second-order valence-electron chi connectivity index (χ2n) is 10.2. The SMILES string of the molecule is CCCC(NC(=O)c1ccc(Oc2ccccc2)cc1)C(=O)N1CCC2C1C(=O)CN2S(=O)(=O)Cc1cccnc1. The fourth-order valence-electron chi connectivity index (χ4n) is 5.45. The second-order valence-corrected chi connectivity index (χ2v) is 12.1. The number of ketones is 1. The van der Waals surface area contributed by atoms with Crippen molar-refractivity contribution in [1.29, 1.82) is 0 Å². The summed E-state index contributed by atoms with van der Waals surface area (Å²) in [5, 5.41) is 2.83. The summed E-state index contributed by atoms with van der Waals surface area (Å²) in [6.07, 6.45) is 4.41. The predicted octanol–water partition coefficient (Wildman–Crippen LogP) is 3.16. The third kappa shape index (κ3) is 6.31. The molecule has 214 valence electrons. The van der Waals surface area contributed by atoms with Crippen LogP contribution in [0.3, 0.4) is 0 Å². The van der Waals surface area contributed by atoms with Crippen LogP contribution in [0.4, 0.5) is 0 Å². The lowest BCUT2D eigenvalue weighted by Crippen LogP contribution is -2.52. The molecule has 0 bridgehead atoms. The minimum absolute atomic E-state index is 0.237. The molecule has 2 amide bonds. The monoisotopic (exact) mass is 576 g/mol. The van der Waals surface area contributed by atoms with Crippen molar-refractivity contribution in [1.82, 2.24) is 19.5 Å². The van der Waals surface area contributed by atoms with E-state index in [1.54, 1.807) is 42.6 Å². The van der Waals surface area contributed by atoms with Crippen LogP contribution in [0, 0.1) is 0 Å². The van der Waals surface area contributed by atoms with Crippen LogP contribution in [0.5, 0.6) is 11.5 Å². The lowest BCUT2D eigenvalue weighted by atomic mass is 10.1. The number of sulfonamides is 1. The third-order valence-corrected chi connectivity index (χ3v) is 9.18. The van der Waals surface area contributed by atoms with Gasteiger partial charge in [0.05, 0.1) is 18.3 Å². The molecule has 1 aromatic heterocycles. The molecule has 0 radical (unpaired) electrons. The molecule has 11 heteroatoms. The second kappa shape index (κ2) is 12.2. The zero-order valence-electron chi connectivity index (χ0n) is 22.7. The topological polar surface area (TPSA) is 126 Å². The lowest BCUT2D eigenvalue weighted by Gasteiger charge is -2.28. The number of Topliss-reactive ketones (excluding diaryl/α,β-unsaturated/α-hetero) is 1. The summed E-state index contributed by atoms with van der Waals surface area (Å²) in [7, 11) is -3.80. The van der Waals surface area contributed by atoms with Gasteiger partial charge in [-0.2, -0.15) is 4.31 Å². The van der Waals surface area contributed by atoms with E-state index < -0.39 is 34.1 Å². The van der Waals surface area contributed by atoms with Crippen molar-refractivity contribution in [3.05, 3.63) is 90.3 Å². The Kier molecular flexibility index (Phi) is 8.46. The van der Waals surface area contributed by atoms with Crippen molar-refractivity contribution in [2.75, 3.05) is 13.1 Å². The van der Waals surface area contributed by atoms with Crippen LogP contribution >= 0.6 is 0 Å². The van der Waals surface area contributed by atoms with Gasteiger partial charge in [-0.25, -0.2) is 8.42 Å². The average molecular weight is 577 g/mol. The van der Waals surface area contributed by atoms with E-state index in [0.29, 0.717) is 41.9 Å². The number of ether oxygens (including phenoxy) is 1. The average Bonchev–Trinajstić information content (AvgIpc) is 3.55. The van der Waals surface area contributed by atoms with Crippen LogP contribution in [-0.2, 0) is 25.4 Å². The van der Waals surface area contributed by atoms with Crippen LogP contribution < -0.4 is 10.1 Å². The first-order valence-electron chi connectivity index (χ1n) is 13.6. The van der Waals surface area contributed by atoms with Gasteiger partial charge in [0.1, 0.15) is 23.6 Å². The maximum atomic E-state index is 13.7. The first-order valence-corrected chi connectivity index (χ1v) is 15.2. The van der Waals surface area contributed by atoms with Gasteiger partial charge in [0.15, 0.2) is 5.78 Å². The van der Waals surface area contributed by atoms with Gasteiger partial charge in [-0.1, -0.05) is 37.6 Å². The Labute approximate surface area is 239 Å². The zero-order chi connectivity index (χ0) is 29.0. The number of likely N-dealkylation sites (tertiary alicyclic amines) is 1. The van der Waals surface area contributed by atoms with Crippen molar-refractivity contribution < 1.29 is 27.5 Å². The number of rotatable bonds is 10. The summed E-state index contributed by atoms with van der Waals surface area (Å²) in [6.45, 7) is 1.87. The van der Waals surface area contributed by atoms with E-state index in [2.05, 4.69) is 10.3 Å². The molecule has 0 saturated carbocycles. The van der Waals surface area contributed by atoms with Gasteiger partial charge in [-0.15, -0.1) is 0 Å². The summed E-state index contributed by atoms with van der Waals surface area (Å²) in [5.41, 5.74) is 0.892. The number of para-hydroxylation sites is 1. The molecule has 3 heterocycles. The van der Waals surface area contributed by atoms with E-state index in [1.807, 2.05) is 37.3 Å². The fraction of sp³-hybridized carbons (Fsp3) is 0.333. The Morgan fingerprint density at radius 3 is 2.46 bits per heavy atom. The summed E-state index contributed by atoms with van der Waals surface area (Å²) in [5.74, 6) is -0.137. The lowest BCUT2D eigenvalue weighted by molar-refractivity contribution is -0.138. The van der Waals surface area contributed by atoms with Crippen LogP contribution in [0.15, 0.2) is 79.1 Å². The van der Waals surface area contributed by atoms with Crippen LogP contribution in [0.1, 0.15) is 42.1 Å². The smallest absolute Gasteiger partial charge is 0.251 e. The molecule has 2 aromatic carbocycles. The summed E-state index contributed by atoms with van der Waals surface area (Å²) in [6, 6.07) is 16.9. The van der Waals surface area contributed by atoms with Gasteiger partial charge >= 0.3 is 0 Å². The van der Waals surface area contributed by atoms with Crippen LogP contribution in [0.2, 0.25) is 0 Å². The fourth-order valence-corrected chi connectivity index (χ4v) is 7.16. The van der Waals surface area contributed by atoms with Crippen molar-refractivity contribution in [2.45, 2.75) is 50.1 Å². The van der Waals surface area contributed by atoms with Crippen molar-refractivity contribution in [3.8, 4) is 11.5 Å². The number of nitrogens with one attached hydrogen (secondary N) is 1. The Balaban J connectivity index is 1.25. The summed E-state index contributed by atoms with van der Waals surface area (Å²) >= 11 is 0. The van der Waals surface area contributed by atoms with Gasteiger partial charge in [0, 0.05) is 24.5 Å². The van der Waals surface area contributed by atoms with Crippen LogP contribution in [-0.4, -0.2) is 71.4 Å². The molecular weight excluding hydrogens is 544 g/mol. The number of pyridine rings is 1. The maximum absolute atomic E-state index is 13.7. The first kappa shape index (κ1) is 28.4. The van der Waals surface area contributed by atoms with E-state index in [1.165, 1.54) is 15.4 Å². The predicted molar refractivity (Wildman–Crippen MR) is 152 cm³/mol. The number of hydrogen-bond acceptors (Lipinski definition) is 7. The molecule has 0 spiro atoms. The van der Waals surface area contributed by atoms with E-state index in [0.717, 1.165) is 0 Å². The standard InChI is InChI=1S/C30H32N4O6S/c1-2-7-25(32-29(36)22-11-13-24(14-12-22)40-23-9-4-3-5-10-23)30(37)33-17-15-26-28(33)27(35)19-34(26)41(38,39)20-21-8-6-16-31-18-21/h3-6,8-14,16,18,25-26,28H,2,7,15,17,19-20H2,1H3,(H,32,36). The first-order chi connectivity index (χ1) is 19.8. The number of benzene rings is 2. The molecule has 10 nitrogen and oxygen atoms in total. The molecule has 0 aliphatic carbocycles. The number of amides is 2. The Morgan fingerprint density at radius 2 is 1.78 bits per heavy atom. The number of carbonyl (C=O) groups excluding carboxylic acids is 3. The molecule has 1 N–H and O–H groups in total. The number of fused-ring (bicyclic) bond motifs is 1. The highest BCUT2D eigenvalue weighted by molar-refractivity contribution is 7.88. The molecular formula is C30H32N4O6S. The van der Waals surface area contributed by atoms with E-state index in [4.69, 9.17) is 4.74 Å². The molecule has 41 heavy (non-hydrogen) atoms. The van der Waals surface area contributed by atoms with Gasteiger partial charge in [0.2, 0.25) is 15.9 Å². The Morgan fingerprint density at radius 1 is 1.05 bits per heavy atom. The minimum atomic E-state index is -3.80. The highest BCUT2D eigenvalue weighted by Crippen LogP contribution is 2.33. The molecule has 2 aliphatic rings. The minimum Gasteiger partial charge on any atom is -0.457 e. The quantitative estimate of drug-likeness (QED) is 0.393. The highest BCUT2D eigenvalue weighted by atomic mass is 32.2. The van der Waals surface area contributed by atoms with Gasteiger partial charge < -0.3 is 15.0 Å². The Bertz CT molecular complexity index is 1500. The highest BCUT2D eigenvalue weighted by Gasteiger charge is 2.54. The molecule has 3 atom stereocenters. The molecule has 2 aliphatic heterocycles. The number of aromatic nitrogens is 1. The third-order valence-electron chi connectivity index (χ3n) is 7.37. The summed E-state index contributed by atoms with van der Waals surface area (Å²) in [4.78, 5) is 45.2. The van der Waals surface area contributed by atoms with Gasteiger partial charge in [-0.3, -0.25) is 19.4 Å². The Hall–Kier alpha value is -4.09. The van der Waals surface area contributed by atoms with E-state index >= 15 is 0 Å². The molecule has 2 fully saturated rings. The van der Waals surface area contributed by atoms with E-state index in [9.17, 15) is 22.8 Å². The number of hydrogen-bond donors (Lipinski definition) is 1. The maximum Gasteiger partial charge on any atom is 0.251 e. The van der Waals surface area contributed by atoms with E-state index in [-0.39, 0.29) is 30.5 Å². The summed E-state index contributed by atoms with van der Waals surface area (Å²) < 4.78 is 33.4. The molecule has 5 rings (SSSR count). The van der Waals surface area contributed by atoms with Gasteiger partial charge in [-0.05, 0) is 60.9 Å². The number of nitrogens with zero attached hydrogens (tertiary/aromatic N) is 3. The normalized spacial score (nSPS) is 19.5. The largest absolute Gasteiger partial charge is 0.457 e. The molecule has 3 aromatic rings. The number of carbonyl (C=O) groups is 3. The zero-order valence-corrected chi connectivity index (χ0v) is 23.5. The van der Waals surface area contributed by atoms with Gasteiger partial charge in [0.25, 0.3) is 5.91 Å².